The van der Waals surface area contributed by atoms with Crippen molar-refractivity contribution in [2.45, 2.75) is 19.0 Å². The normalized spacial score (nSPS) is 14.0. The molecule has 4 heteroatoms. The fraction of sp³-hybridized carbons (Fsp3) is 0.250. The molecule has 0 amide bonds. The molecule has 0 aliphatic heterocycles. The molecule has 2 rings (SSSR count). The lowest BCUT2D eigenvalue weighted by atomic mass is 9.94. The first kappa shape index (κ1) is 15.3. The lowest BCUT2D eigenvalue weighted by Gasteiger charge is -2.29. The predicted octanol–water partition coefficient (Wildman–Crippen LogP) is 4.72. The van der Waals surface area contributed by atoms with Crippen LogP contribution < -0.4 is 5.32 Å². The van der Waals surface area contributed by atoms with Gasteiger partial charge in [0.2, 0.25) is 0 Å². The molecule has 106 valence electrons. The van der Waals surface area contributed by atoms with Gasteiger partial charge >= 0.3 is 0 Å². The van der Waals surface area contributed by atoms with Crippen molar-refractivity contribution in [3.05, 3.63) is 70.5 Å². The number of benzene rings is 2. The molecule has 0 heterocycles. The molecule has 2 aromatic rings. The summed E-state index contributed by atoms with van der Waals surface area (Å²) in [6.45, 7) is 2.61. The summed E-state index contributed by atoms with van der Waals surface area (Å²) < 4.78 is 13.1. The Balaban J connectivity index is 2.13. The van der Waals surface area contributed by atoms with Crippen molar-refractivity contribution in [2.24, 2.45) is 0 Å². The van der Waals surface area contributed by atoms with E-state index in [0.717, 1.165) is 11.1 Å². The number of nitrogens with one attached hydrogen (secondary N) is 1. The molecule has 0 saturated carbocycles. The van der Waals surface area contributed by atoms with Crippen LogP contribution in [0.5, 0.6) is 0 Å². The largest absolute Gasteiger partial charge is 0.303 e. The summed E-state index contributed by atoms with van der Waals surface area (Å²) in [5, 5.41) is 3.55. The number of hydrogen-bond acceptors (Lipinski definition) is 1. The van der Waals surface area contributed by atoms with Crippen molar-refractivity contribution in [3.63, 3.8) is 0 Å². The van der Waals surface area contributed by atoms with Crippen LogP contribution in [0.4, 0.5) is 4.39 Å². The minimum atomic E-state index is -0.404. The van der Waals surface area contributed by atoms with E-state index in [0.29, 0.717) is 12.4 Å². The molecule has 0 spiro atoms. The third-order valence-electron chi connectivity index (χ3n) is 3.34. The minimum absolute atomic E-state index is 0.136. The molecule has 0 fully saturated rings. The van der Waals surface area contributed by atoms with E-state index in [4.69, 9.17) is 23.2 Å². The van der Waals surface area contributed by atoms with Crippen LogP contribution in [0.3, 0.4) is 0 Å². The summed E-state index contributed by atoms with van der Waals surface area (Å²) in [5.41, 5.74) is 1.69. The van der Waals surface area contributed by atoms with Crippen LogP contribution in [-0.4, -0.2) is 5.88 Å². The van der Waals surface area contributed by atoms with Gasteiger partial charge in [0.15, 0.2) is 0 Å². The number of hydrogen-bond donors (Lipinski definition) is 1. The van der Waals surface area contributed by atoms with Gasteiger partial charge < -0.3 is 5.32 Å². The van der Waals surface area contributed by atoms with Crippen LogP contribution in [0, 0.1) is 5.82 Å². The van der Waals surface area contributed by atoms with E-state index in [1.54, 1.807) is 12.1 Å². The molecule has 0 radical (unpaired) electrons. The molecule has 1 N–H and O–H groups in total. The van der Waals surface area contributed by atoms with E-state index >= 15 is 0 Å². The van der Waals surface area contributed by atoms with Gasteiger partial charge in [-0.05, 0) is 30.2 Å². The van der Waals surface area contributed by atoms with Crippen molar-refractivity contribution >= 4 is 23.2 Å². The quantitative estimate of drug-likeness (QED) is 0.788. The lowest BCUT2D eigenvalue weighted by Crippen LogP contribution is -2.40. The Kier molecular flexibility index (Phi) is 5.03. The van der Waals surface area contributed by atoms with Crippen molar-refractivity contribution in [1.82, 2.24) is 5.32 Å². The maximum Gasteiger partial charge on any atom is 0.141 e. The van der Waals surface area contributed by atoms with E-state index in [1.807, 2.05) is 37.3 Å². The topological polar surface area (TPSA) is 12.0 Å². The smallest absolute Gasteiger partial charge is 0.141 e. The molecule has 0 saturated heterocycles. The summed E-state index contributed by atoms with van der Waals surface area (Å²) in [7, 11) is 0. The van der Waals surface area contributed by atoms with Gasteiger partial charge in [-0.25, -0.2) is 4.39 Å². The summed E-state index contributed by atoms with van der Waals surface area (Å²) >= 11 is 11.9. The maximum atomic E-state index is 13.1. The first-order valence-electron chi connectivity index (χ1n) is 6.35. The van der Waals surface area contributed by atoms with Crippen molar-refractivity contribution in [3.8, 4) is 0 Å². The highest BCUT2D eigenvalue weighted by molar-refractivity contribution is 6.30. The van der Waals surface area contributed by atoms with Gasteiger partial charge in [-0.2, -0.15) is 0 Å². The second-order valence-electron chi connectivity index (χ2n) is 4.93. The number of rotatable bonds is 5. The van der Waals surface area contributed by atoms with Crippen LogP contribution in [0.1, 0.15) is 18.1 Å². The molecule has 0 aromatic heterocycles. The summed E-state index contributed by atoms with van der Waals surface area (Å²) in [5.74, 6) is 0.0324. The highest BCUT2D eigenvalue weighted by atomic mass is 35.5. The van der Waals surface area contributed by atoms with Crippen LogP contribution in [-0.2, 0) is 12.1 Å². The predicted molar refractivity (Wildman–Crippen MR) is 82.8 cm³/mol. The Morgan fingerprint density at radius 2 is 1.85 bits per heavy atom. The molecule has 0 bridgehead atoms. The molecule has 20 heavy (non-hydrogen) atoms. The third kappa shape index (κ3) is 3.51. The molecule has 1 unspecified atom stereocenters. The van der Waals surface area contributed by atoms with Crippen LogP contribution in [0.2, 0.25) is 5.02 Å². The van der Waals surface area contributed by atoms with Crippen LogP contribution in [0.15, 0.2) is 48.5 Å². The van der Waals surface area contributed by atoms with Crippen LogP contribution >= 0.6 is 23.2 Å². The molecule has 2 aromatic carbocycles. The monoisotopic (exact) mass is 311 g/mol. The Bertz CT molecular complexity index is 574. The maximum absolute atomic E-state index is 13.1. The van der Waals surface area contributed by atoms with Crippen LogP contribution in [0.25, 0.3) is 0 Å². The lowest BCUT2D eigenvalue weighted by molar-refractivity contribution is 0.406. The molecule has 0 aliphatic rings. The summed E-state index contributed by atoms with van der Waals surface area (Å²) in [6.07, 6.45) is 0. The molecule has 1 atom stereocenters. The Morgan fingerprint density at radius 1 is 1.15 bits per heavy atom. The molecule has 1 nitrogen and oxygen atoms in total. The van der Waals surface area contributed by atoms with Gasteiger partial charge in [-0.1, -0.05) is 48.0 Å². The van der Waals surface area contributed by atoms with Gasteiger partial charge in [-0.15, -0.1) is 11.6 Å². The fourth-order valence-corrected chi connectivity index (χ4v) is 2.43. The molecule has 0 aliphatic carbocycles. The highest BCUT2D eigenvalue weighted by Gasteiger charge is 2.24. The second-order valence-corrected chi connectivity index (χ2v) is 5.61. The van der Waals surface area contributed by atoms with E-state index in [1.165, 1.54) is 6.07 Å². The van der Waals surface area contributed by atoms with E-state index in [2.05, 4.69) is 5.32 Å². The van der Waals surface area contributed by atoms with Crippen molar-refractivity contribution < 1.29 is 4.39 Å². The Labute approximate surface area is 128 Å². The van der Waals surface area contributed by atoms with Crippen molar-refractivity contribution in [2.75, 3.05) is 5.88 Å². The van der Waals surface area contributed by atoms with E-state index in [9.17, 15) is 4.39 Å². The summed E-state index contributed by atoms with van der Waals surface area (Å²) in [6, 6.07) is 14.7. The Hall–Kier alpha value is -1.09. The first-order valence-corrected chi connectivity index (χ1v) is 7.27. The van der Waals surface area contributed by atoms with Crippen molar-refractivity contribution in [1.29, 1.82) is 0 Å². The third-order valence-corrected chi connectivity index (χ3v) is 4.17. The minimum Gasteiger partial charge on any atom is -0.303 e. The number of alkyl halides is 1. The average molecular weight is 312 g/mol. The van der Waals surface area contributed by atoms with Gasteiger partial charge in [0.25, 0.3) is 0 Å². The fourth-order valence-electron chi connectivity index (χ4n) is 1.98. The zero-order chi connectivity index (χ0) is 14.6. The number of halogens is 3. The van der Waals surface area contributed by atoms with E-state index < -0.39 is 5.82 Å². The molecular weight excluding hydrogens is 296 g/mol. The second kappa shape index (κ2) is 6.57. The standard InChI is InChI=1S/C16H16Cl2FN/c1-16(11-17,13-5-3-2-4-6-13)20-10-12-7-8-15(19)14(18)9-12/h2-9,20H,10-11H2,1H3. The van der Waals surface area contributed by atoms with Gasteiger partial charge in [0.05, 0.1) is 10.6 Å². The van der Waals surface area contributed by atoms with Gasteiger partial charge in [0.1, 0.15) is 5.82 Å². The zero-order valence-electron chi connectivity index (χ0n) is 11.2. The zero-order valence-corrected chi connectivity index (χ0v) is 12.7. The Morgan fingerprint density at radius 3 is 2.45 bits per heavy atom. The highest BCUT2D eigenvalue weighted by Crippen LogP contribution is 2.23. The van der Waals surface area contributed by atoms with Gasteiger partial charge in [0, 0.05) is 12.4 Å². The van der Waals surface area contributed by atoms with E-state index in [-0.39, 0.29) is 10.6 Å². The SMILES string of the molecule is CC(CCl)(NCc1ccc(F)c(Cl)c1)c1ccccc1. The summed E-state index contributed by atoms with van der Waals surface area (Å²) in [4.78, 5) is 0. The molecular formula is C16H16Cl2FN. The first-order chi connectivity index (χ1) is 9.55. The average Bonchev–Trinajstić information content (AvgIpc) is 2.49. The van der Waals surface area contributed by atoms with Gasteiger partial charge in [-0.3, -0.25) is 0 Å².